The first-order valence-corrected chi connectivity index (χ1v) is 20.2. The molecule has 0 aliphatic rings. The normalized spacial score (nSPS) is 13.5. The van der Waals surface area contributed by atoms with Crippen LogP contribution in [0.4, 0.5) is 0 Å². The number of hydrogen-bond donors (Lipinski definition) is 0. The van der Waals surface area contributed by atoms with E-state index in [0.717, 1.165) is 25.0 Å². The zero-order valence-corrected chi connectivity index (χ0v) is 30.5. The average molecular weight is 603 g/mol. The van der Waals surface area contributed by atoms with Crippen molar-refractivity contribution in [2.24, 2.45) is 11.8 Å². The van der Waals surface area contributed by atoms with Gasteiger partial charge in [-0.1, -0.05) is 180 Å². The average Bonchev–Trinajstić information content (AvgIpc) is 3.02. The van der Waals surface area contributed by atoms with Crippen LogP contribution in [0.25, 0.3) is 0 Å². The summed E-state index contributed by atoms with van der Waals surface area (Å²) in [5.41, 5.74) is 0. The second-order valence-electron chi connectivity index (χ2n) is 13.8. The molecule has 0 spiro atoms. The number of ether oxygens (including phenoxy) is 1. The Hall–Kier alpha value is -0.560. The van der Waals surface area contributed by atoms with Gasteiger partial charge in [-0.25, -0.2) is 0 Å². The molecule has 2 unspecified atom stereocenters. The van der Waals surface area contributed by atoms with E-state index < -0.39 is 0 Å². The Morgan fingerprint density at radius 2 is 0.674 bits per heavy atom. The van der Waals surface area contributed by atoms with E-state index in [-0.39, 0.29) is 0 Å². The van der Waals surface area contributed by atoms with Crippen LogP contribution in [0.15, 0.2) is 24.3 Å². The van der Waals surface area contributed by atoms with Crippen molar-refractivity contribution in [2.45, 2.75) is 220 Å². The molecule has 2 atom stereocenters. The fourth-order valence-corrected chi connectivity index (χ4v) is 6.30. The largest absolute Gasteiger partial charge is 0.381 e. The van der Waals surface area contributed by atoms with Crippen LogP contribution in [0.1, 0.15) is 220 Å². The van der Waals surface area contributed by atoms with E-state index in [2.05, 4.69) is 52.0 Å². The molecule has 256 valence electrons. The molecule has 0 aromatic rings. The Bertz CT molecular complexity index is 501. The van der Waals surface area contributed by atoms with Crippen LogP contribution in [-0.2, 0) is 4.74 Å². The van der Waals surface area contributed by atoms with Crippen molar-refractivity contribution in [1.82, 2.24) is 0 Å². The Balaban J connectivity index is 3.68. The Labute approximate surface area is 273 Å². The van der Waals surface area contributed by atoms with Crippen molar-refractivity contribution < 1.29 is 4.74 Å². The van der Waals surface area contributed by atoms with Crippen molar-refractivity contribution in [2.75, 3.05) is 13.2 Å². The lowest BCUT2D eigenvalue weighted by Gasteiger charge is -2.12. The number of rotatable bonds is 36. The molecule has 0 bridgehead atoms. The van der Waals surface area contributed by atoms with Crippen LogP contribution in [0.5, 0.6) is 0 Å². The summed E-state index contributed by atoms with van der Waals surface area (Å²) < 4.78 is 5.96. The second-order valence-corrected chi connectivity index (χ2v) is 13.8. The lowest BCUT2D eigenvalue weighted by atomic mass is 9.94. The highest BCUT2D eigenvalue weighted by atomic mass is 16.5. The SMILES string of the molecule is CCCCCCCC=CC(CCCC)CCCCCCCOCCCCCCCC(C=CCCCCCCC)CCCC. The van der Waals surface area contributed by atoms with Crippen molar-refractivity contribution in [3.05, 3.63) is 24.3 Å². The summed E-state index contributed by atoms with van der Waals surface area (Å²) in [6, 6.07) is 0. The Kier molecular flexibility index (Phi) is 37.1. The summed E-state index contributed by atoms with van der Waals surface area (Å²) in [6.45, 7) is 11.2. The van der Waals surface area contributed by atoms with Crippen LogP contribution < -0.4 is 0 Å². The molecule has 0 aliphatic heterocycles. The van der Waals surface area contributed by atoms with E-state index in [4.69, 9.17) is 4.74 Å². The maximum absolute atomic E-state index is 5.96. The van der Waals surface area contributed by atoms with Gasteiger partial charge in [0, 0.05) is 13.2 Å². The molecular formula is C42H82O. The van der Waals surface area contributed by atoms with E-state index in [9.17, 15) is 0 Å². The number of allylic oxidation sites excluding steroid dienone is 4. The Morgan fingerprint density at radius 1 is 0.349 bits per heavy atom. The summed E-state index contributed by atoms with van der Waals surface area (Å²) in [7, 11) is 0. The summed E-state index contributed by atoms with van der Waals surface area (Å²) in [4.78, 5) is 0. The van der Waals surface area contributed by atoms with E-state index in [1.807, 2.05) is 0 Å². The molecule has 0 aromatic heterocycles. The fraction of sp³-hybridized carbons (Fsp3) is 0.905. The maximum atomic E-state index is 5.96. The van der Waals surface area contributed by atoms with Gasteiger partial charge in [-0.05, 0) is 76.0 Å². The first kappa shape index (κ1) is 42.4. The summed E-state index contributed by atoms with van der Waals surface area (Å²) >= 11 is 0. The summed E-state index contributed by atoms with van der Waals surface area (Å²) in [6.07, 6.45) is 51.3. The first-order chi connectivity index (χ1) is 21.3. The van der Waals surface area contributed by atoms with Crippen molar-refractivity contribution >= 4 is 0 Å². The molecule has 0 amide bonds. The zero-order valence-electron chi connectivity index (χ0n) is 30.5. The van der Waals surface area contributed by atoms with Crippen LogP contribution >= 0.6 is 0 Å². The lowest BCUT2D eigenvalue weighted by Crippen LogP contribution is -1.99. The zero-order chi connectivity index (χ0) is 31.3. The van der Waals surface area contributed by atoms with E-state index in [1.165, 1.54) is 193 Å². The van der Waals surface area contributed by atoms with E-state index >= 15 is 0 Å². The number of hydrogen-bond acceptors (Lipinski definition) is 1. The van der Waals surface area contributed by atoms with Gasteiger partial charge in [0.15, 0.2) is 0 Å². The van der Waals surface area contributed by atoms with Crippen molar-refractivity contribution in [3.63, 3.8) is 0 Å². The smallest absolute Gasteiger partial charge is 0.0466 e. The van der Waals surface area contributed by atoms with Gasteiger partial charge >= 0.3 is 0 Å². The summed E-state index contributed by atoms with van der Waals surface area (Å²) in [5, 5.41) is 0. The molecular weight excluding hydrogens is 520 g/mol. The predicted molar refractivity (Wildman–Crippen MR) is 197 cm³/mol. The molecule has 0 heterocycles. The molecule has 0 aliphatic carbocycles. The Morgan fingerprint density at radius 3 is 1.09 bits per heavy atom. The third-order valence-electron chi connectivity index (χ3n) is 9.35. The summed E-state index contributed by atoms with van der Waals surface area (Å²) in [5.74, 6) is 1.65. The highest BCUT2D eigenvalue weighted by Crippen LogP contribution is 2.21. The van der Waals surface area contributed by atoms with Crippen LogP contribution in [0.3, 0.4) is 0 Å². The second kappa shape index (κ2) is 37.6. The van der Waals surface area contributed by atoms with E-state index in [0.29, 0.717) is 0 Å². The molecule has 0 aromatic carbocycles. The van der Waals surface area contributed by atoms with Crippen LogP contribution in [-0.4, -0.2) is 13.2 Å². The van der Waals surface area contributed by atoms with Crippen molar-refractivity contribution in [1.29, 1.82) is 0 Å². The molecule has 1 nitrogen and oxygen atoms in total. The highest BCUT2D eigenvalue weighted by molar-refractivity contribution is 4.89. The number of unbranched alkanes of at least 4 members (excludes halogenated alkanes) is 20. The minimum atomic E-state index is 0.827. The third-order valence-corrected chi connectivity index (χ3v) is 9.35. The fourth-order valence-electron chi connectivity index (χ4n) is 6.30. The minimum Gasteiger partial charge on any atom is -0.381 e. The van der Waals surface area contributed by atoms with Gasteiger partial charge in [-0.2, -0.15) is 0 Å². The molecule has 0 radical (unpaired) electrons. The van der Waals surface area contributed by atoms with Gasteiger partial charge < -0.3 is 4.74 Å². The van der Waals surface area contributed by atoms with Gasteiger partial charge in [-0.3, -0.25) is 0 Å². The molecule has 0 fully saturated rings. The highest BCUT2D eigenvalue weighted by Gasteiger charge is 2.05. The minimum absolute atomic E-state index is 0.827. The van der Waals surface area contributed by atoms with Gasteiger partial charge in [-0.15, -0.1) is 0 Å². The first-order valence-electron chi connectivity index (χ1n) is 20.2. The van der Waals surface area contributed by atoms with Crippen LogP contribution in [0, 0.1) is 11.8 Å². The predicted octanol–water partition coefficient (Wildman–Crippen LogP) is 15.1. The molecule has 1 heteroatoms. The monoisotopic (exact) mass is 603 g/mol. The molecule has 0 rings (SSSR count). The van der Waals surface area contributed by atoms with Gasteiger partial charge in [0.05, 0.1) is 0 Å². The molecule has 0 saturated heterocycles. The third kappa shape index (κ3) is 34.2. The van der Waals surface area contributed by atoms with Gasteiger partial charge in [0.2, 0.25) is 0 Å². The van der Waals surface area contributed by atoms with Gasteiger partial charge in [0.25, 0.3) is 0 Å². The van der Waals surface area contributed by atoms with E-state index in [1.54, 1.807) is 0 Å². The van der Waals surface area contributed by atoms with Crippen LogP contribution in [0.2, 0.25) is 0 Å². The maximum Gasteiger partial charge on any atom is 0.0466 e. The standard InChI is InChI=1S/C42H82O/c1-5-9-13-15-17-21-27-35-41(33-11-7-3)37-29-23-19-25-31-39-43-40-32-26-20-24-30-38-42(34-12-8-4)36-28-22-18-16-14-10-6-2/h27-28,35-36,41-42H,5-26,29-34,37-40H2,1-4H3. The topological polar surface area (TPSA) is 9.23 Å². The van der Waals surface area contributed by atoms with Gasteiger partial charge in [0.1, 0.15) is 0 Å². The quantitative estimate of drug-likeness (QED) is 0.0512. The molecule has 0 N–H and O–H groups in total. The molecule has 0 saturated carbocycles. The lowest BCUT2D eigenvalue weighted by molar-refractivity contribution is 0.125. The molecule has 43 heavy (non-hydrogen) atoms. The van der Waals surface area contributed by atoms with Crippen molar-refractivity contribution in [3.8, 4) is 0 Å².